The highest BCUT2D eigenvalue weighted by atomic mass is 127. The Bertz CT molecular complexity index is 714. The van der Waals surface area contributed by atoms with Gasteiger partial charge in [-0.15, -0.1) is 0 Å². The average molecular weight is 422 g/mol. The molecule has 0 aliphatic carbocycles. The molecule has 2 N–H and O–H groups in total. The summed E-state index contributed by atoms with van der Waals surface area (Å²) < 4.78 is 1.15. The van der Waals surface area contributed by atoms with Crippen LogP contribution in [-0.2, 0) is 4.79 Å². The molecule has 2 aromatic rings. The molecule has 0 fully saturated rings. The van der Waals surface area contributed by atoms with E-state index in [0.717, 1.165) is 20.4 Å². The highest BCUT2D eigenvalue weighted by Gasteiger charge is 2.04. The van der Waals surface area contributed by atoms with Crippen molar-refractivity contribution in [2.45, 2.75) is 6.92 Å². The first kappa shape index (κ1) is 16.6. The fraction of sp³-hybridized carbons (Fsp3) is 0.0588. The molecule has 2 aromatic carbocycles. The number of carbonyl (C=O) groups excluding carboxylic acids is 1. The number of benzene rings is 2. The van der Waals surface area contributed by atoms with Gasteiger partial charge in [-0.25, -0.2) is 0 Å². The quantitative estimate of drug-likeness (QED) is 0.444. The lowest BCUT2D eigenvalue weighted by molar-refractivity contribution is -0.115. The van der Waals surface area contributed by atoms with Gasteiger partial charge in [-0.2, -0.15) is 0 Å². The Morgan fingerprint density at radius 2 is 1.91 bits per heavy atom. The second-order valence-corrected chi connectivity index (χ2v) is 6.30. The molecule has 5 heteroatoms. The molecule has 0 aliphatic heterocycles. The van der Waals surface area contributed by atoms with Gasteiger partial charge in [-0.05, 0) is 77.1 Å². The minimum absolute atomic E-state index is 0.260. The Kier molecular flexibility index (Phi) is 6.09. The van der Waals surface area contributed by atoms with Crippen LogP contribution in [0.4, 0.5) is 5.69 Å². The third-order valence-electron chi connectivity index (χ3n) is 2.90. The molecule has 0 unspecified atom stereocenters. The summed E-state index contributed by atoms with van der Waals surface area (Å²) in [5.41, 5.74) is 2.92. The average Bonchev–Trinajstić information content (AvgIpc) is 2.49. The lowest BCUT2D eigenvalue weighted by Crippen LogP contribution is -2.33. The summed E-state index contributed by atoms with van der Waals surface area (Å²) >= 11 is 7.41. The van der Waals surface area contributed by atoms with E-state index in [4.69, 9.17) is 12.2 Å². The van der Waals surface area contributed by atoms with Gasteiger partial charge in [-0.1, -0.05) is 30.3 Å². The van der Waals surface area contributed by atoms with Crippen LogP contribution in [0.5, 0.6) is 0 Å². The first-order valence-corrected chi connectivity index (χ1v) is 8.14. The van der Waals surface area contributed by atoms with E-state index < -0.39 is 0 Å². The molecule has 0 heterocycles. The van der Waals surface area contributed by atoms with Crippen molar-refractivity contribution in [3.05, 3.63) is 69.3 Å². The lowest BCUT2D eigenvalue weighted by Gasteiger charge is -2.11. The van der Waals surface area contributed by atoms with Crippen LogP contribution in [0.3, 0.4) is 0 Å². The molecule has 1 amide bonds. The van der Waals surface area contributed by atoms with Gasteiger partial charge in [0.2, 0.25) is 5.91 Å². The van der Waals surface area contributed by atoms with Crippen molar-refractivity contribution in [2.75, 3.05) is 5.32 Å². The second kappa shape index (κ2) is 8.05. The van der Waals surface area contributed by atoms with Crippen LogP contribution in [0, 0.1) is 10.5 Å². The zero-order chi connectivity index (χ0) is 15.9. The predicted octanol–water partition coefficient (Wildman–Crippen LogP) is 4.13. The number of anilines is 1. The Morgan fingerprint density at radius 3 is 2.59 bits per heavy atom. The zero-order valence-corrected chi connectivity index (χ0v) is 14.9. The van der Waals surface area contributed by atoms with Crippen LogP contribution < -0.4 is 10.6 Å². The number of nitrogens with one attached hydrogen (secondary N) is 2. The van der Waals surface area contributed by atoms with E-state index in [1.165, 1.54) is 6.08 Å². The van der Waals surface area contributed by atoms with Gasteiger partial charge in [0.05, 0.1) is 0 Å². The van der Waals surface area contributed by atoms with Crippen molar-refractivity contribution >= 4 is 57.6 Å². The summed E-state index contributed by atoms with van der Waals surface area (Å²) in [6.45, 7) is 1.99. The topological polar surface area (TPSA) is 41.1 Å². The number of aryl methyl sites for hydroxylation is 1. The normalized spacial score (nSPS) is 10.5. The molecule has 0 aliphatic rings. The first-order chi connectivity index (χ1) is 10.5. The van der Waals surface area contributed by atoms with Crippen LogP contribution in [0.1, 0.15) is 11.1 Å². The Hall–Kier alpha value is -1.73. The fourth-order valence-electron chi connectivity index (χ4n) is 1.81. The minimum atomic E-state index is -0.260. The zero-order valence-electron chi connectivity index (χ0n) is 12.0. The van der Waals surface area contributed by atoms with Gasteiger partial charge < -0.3 is 5.32 Å². The van der Waals surface area contributed by atoms with Crippen LogP contribution in [0.2, 0.25) is 0 Å². The van der Waals surface area contributed by atoms with Gasteiger partial charge in [-0.3, -0.25) is 10.1 Å². The summed E-state index contributed by atoms with van der Waals surface area (Å²) in [6, 6.07) is 15.6. The third kappa shape index (κ3) is 5.23. The molecule has 0 aromatic heterocycles. The Labute approximate surface area is 149 Å². The van der Waals surface area contributed by atoms with Crippen LogP contribution in [0.15, 0.2) is 54.6 Å². The smallest absolute Gasteiger partial charge is 0.250 e. The Balaban J connectivity index is 1.91. The molecular formula is C17H15IN2OS. The van der Waals surface area contributed by atoms with Gasteiger partial charge in [0.1, 0.15) is 0 Å². The van der Waals surface area contributed by atoms with Gasteiger partial charge >= 0.3 is 0 Å². The molecule has 0 bridgehead atoms. The van der Waals surface area contributed by atoms with Crippen LogP contribution in [0.25, 0.3) is 6.08 Å². The lowest BCUT2D eigenvalue weighted by atomic mass is 10.2. The molecule has 0 saturated carbocycles. The number of amides is 1. The SMILES string of the molecule is Cc1cc(I)ccc1NC(=S)NC(=O)/C=C/c1ccccc1. The van der Waals surface area contributed by atoms with Crippen molar-refractivity contribution in [1.29, 1.82) is 0 Å². The summed E-state index contributed by atoms with van der Waals surface area (Å²) in [6.07, 6.45) is 3.21. The van der Waals surface area contributed by atoms with Gasteiger partial charge in [0.25, 0.3) is 0 Å². The van der Waals surface area contributed by atoms with E-state index >= 15 is 0 Å². The minimum Gasteiger partial charge on any atom is -0.332 e. The summed E-state index contributed by atoms with van der Waals surface area (Å²) in [5.74, 6) is -0.260. The predicted molar refractivity (Wildman–Crippen MR) is 104 cm³/mol. The number of hydrogen-bond donors (Lipinski definition) is 2. The van der Waals surface area contributed by atoms with E-state index in [1.54, 1.807) is 6.08 Å². The third-order valence-corrected chi connectivity index (χ3v) is 3.78. The number of hydrogen-bond acceptors (Lipinski definition) is 2. The molecule has 2 rings (SSSR count). The van der Waals surface area contributed by atoms with Crippen molar-refractivity contribution in [1.82, 2.24) is 5.32 Å². The maximum absolute atomic E-state index is 11.8. The number of carbonyl (C=O) groups is 1. The molecule has 22 heavy (non-hydrogen) atoms. The molecule has 3 nitrogen and oxygen atoms in total. The van der Waals surface area contributed by atoms with E-state index in [2.05, 4.69) is 33.2 Å². The molecule has 0 radical (unpaired) electrons. The standard InChI is InChI=1S/C17H15IN2OS/c1-12-11-14(18)8-9-15(12)19-17(22)20-16(21)10-7-13-5-3-2-4-6-13/h2-11H,1H3,(H2,19,20,21,22)/b10-7+. The largest absolute Gasteiger partial charge is 0.332 e. The molecule has 0 spiro atoms. The molecule has 0 atom stereocenters. The maximum atomic E-state index is 11.8. The summed E-state index contributed by atoms with van der Waals surface area (Å²) in [5, 5.41) is 5.95. The van der Waals surface area contributed by atoms with E-state index in [9.17, 15) is 4.79 Å². The number of halogens is 1. The van der Waals surface area contributed by atoms with Gasteiger partial charge in [0.15, 0.2) is 5.11 Å². The van der Waals surface area contributed by atoms with Crippen molar-refractivity contribution < 1.29 is 4.79 Å². The summed E-state index contributed by atoms with van der Waals surface area (Å²) in [7, 11) is 0. The maximum Gasteiger partial charge on any atom is 0.250 e. The highest BCUT2D eigenvalue weighted by Crippen LogP contribution is 2.17. The number of thiocarbonyl (C=S) groups is 1. The van der Waals surface area contributed by atoms with E-state index in [0.29, 0.717) is 0 Å². The second-order valence-electron chi connectivity index (χ2n) is 4.65. The Morgan fingerprint density at radius 1 is 1.18 bits per heavy atom. The van der Waals surface area contributed by atoms with Gasteiger partial charge in [0, 0.05) is 15.3 Å². The molecular weight excluding hydrogens is 407 g/mol. The van der Waals surface area contributed by atoms with Crippen LogP contribution >= 0.6 is 34.8 Å². The van der Waals surface area contributed by atoms with E-state index in [1.807, 2.05) is 55.5 Å². The number of rotatable bonds is 3. The molecule has 0 saturated heterocycles. The highest BCUT2D eigenvalue weighted by molar-refractivity contribution is 14.1. The first-order valence-electron chi connectivity index (χ1n) is 6.66. The fourth-order valence-corrected chi connectivity index (χ4v) is 2.67. The summed E-state index contributed by atoms with van der Waals surface area (Å²) in [4.78, 5) is 11.8. The van der Waals surface area contributed by atoms with Crippen molar-refractivity contribution in [2.24, 2.45) is 0 Å². The monoisotopic (exact) mass is 422 g/mol. The van der Waals surface area contributed by atoms with E-state index in [-0.39, 0.29) is 11.0 Å². The molecule has 112 valence electrons. The van der Waals surface area contributed by atoms with Crippen molar-refractivity contribution in [3.63, 3.8) is 0 Å². The van der Waals surface area contributed by atoms with Crippen LogP contribution in [-0.4, -0.2) is 11.0 Å². The van der Waals surface area contributed by atoms with Crippen molar-refractivity contribution in [3.8, 4) is 0 Å².